The fourth-order valence-electron chi connectivity index (χ4n) is 3.10. The molecule has 0 spiro atoms. The number of ether oxygens (including phenoxy) is 2. The number of aryl methyl sites for hydroxylation is 1. The maximum atomic E-state index is 12.3. The molecule has 0 aliphatic carbocycles. The SMILES string of the molecule is CCOC(=O)CC[C@H]1O[C@@H](n2cc(C)c(=O)[nH]c2=O)CC1O[Si](C)(C)C(C)(C)C. The summed E-state index contributed by atoms with van der Waals surface area (Å²) in [5, 5.41) is 0.0161. The maximum absolute atomic E-state index is 12.3. The molecule has 2 rings (SSSR count). The number of carbonyl (C=O) groups excluding carboxylic acids is 1. The first kappa shape index (κ1) is 23.6. The molecule has 1 aliphatic rings. The van der Waals surface area contributed by atoms with E-state index in [-0.39, 0.29) is 29.6 Å². The fourth-order valence-corrected chi connectivity index (χ4v) is 4.46. The van der Waals surface area contributed by atoms with Gasteiger partial charge in [-0.3, -0.25) is 19.1 Å². The van der Waals surface area contributed by atoms with Gasteiger partial charge in [0.05, 0.1) is 18.8 Å². The van der Waals surface area contributed by atoms with E-state index in [2.05, 4.69) is 38.8 Å². The first-order valence-corrected chi connectivity index (χ1v) is 13.1. The number of esters is 1. The van der Waals surface area contributed by atoms with Gasteiger partial charge in [-0.1, -0.05) is 20.8 Å². The highest BCUT2D eigenvalue weighted by molar-refractivity contribution is 6.74. The van der Waals surface area contributed by atoms with Crippen LogP contribution in [0.1, 0.15) is 58.7 Å². The maximum Gasteiger partial charge on any atom is 0.330 e. The average Bonchev–Trinajstić information content (AvgIpc) is 2.97. The van der Waals surface area contributed by atoms with Crippen molar-refractivity contribution < 1.29 is 18.7 Å². The third-order valence-electron chi connectivity index (χ3n) is 5.83. The fraction of sp³-hybridized carbons (Fsp3) is 0.750. The van der Waals surface area contributed by atoms with Crippen LogP contribution in [0.2, 0.25) is 18.1 Å². The molecule has 0 radical (unpaired) electrons. The van der Waals surface area contributed by atoms with Crippen molar-refractivity contribution in [3.63, 3.8) is 0 Å². The molecule has 8 nitrogen and oxygen atoms in total. The second kappa shape index (κ2) is 8.97. The van der Waals surface area contributed by atoms with Crippen LogP contribution in [0, 0.1) is 6.92 Å². The van der Waals surface area contributed by atoms with Gasteiger partial charge < -0.3 is 13.9 Å². The predicted molar refractivity (Wildman–Crippen MR) is 113 cm³/mol. The Balaban J connectivity index is 2.26. The van der Waals surface area contributed by atoms with E-state index < -0.39 is 25.8 Å². The zero-order valence-electron chi connectivity index (χ0n) is 18.5. The minimum Gasteiger partial charge on any atom is -0.466 e. The minimum atomic E-state index is -2.09. The molecule has 164 valence electrons. The Bertz CT molecular complexity index is 839. The molecule has 0 amide bonds. The zero-order chi connectivity index (χ0) is 22.0. The third-order valence-corrected chi connectivity index (χ3v) is 10.3. The lowest BCUT2D eigenvalue weighted by Gasteiger charge is -2.39. The quantitative estimate of drug-likeness (QED) is 0.532. The summed E-state index contributed by atoms with van der Waals surface area (Å²) < 4.78 is 19.2. The summed E-state index contributed by atoms with van der Waals surface area (Å²) in [6.45, 7) is 14.6. The second-order valence-corrected chi connectivity index (χ2v) is 13.9. The van der Waals surface area contributed by atoms with Gasteiger partial charge in [0.25, 0.3) is 5.56 Å². The third kappa shape index (κ3) is 5.67. The molecule has 1 fully saturated rings. The summed E-state index contributed by atoms with van der Waals surface area (Å²) in [6, 6.07) is 0. The van der Waals surface area contributed by atoms with E-state index in [1.807, 2.05) is 0 Å². The lowest BCUT2D eigenvalue weighted by atomic mass is 10.1. The van der Waals surface area contributed by atoms with Crippen molar-refractivity contribution in [1.29, 1.82) is 0 Å². The second-order valence-electron chi connectivity index (χ2n) is 9.10. The normalized spacial score (nSPS) is 22.7. The molecular weight excluding hydrogens is 392 g/mol. The van der Waals surface area contributed by atoms with Crippen LogP contribution < -0.4 is 11.2 Å². The van der Waals surface area contributed by atoms with Crippen LogP contribution in [0.4, 0.5) is 0 Å². The van der Waals surface area contributed by atoms with E-state index in [1.165, 1.54) is 10.8 Å². The van der Waals surface area contributed by atoms with Gasteiger partial charge in [0.1, 0.15) is 6.23 Å². The van der Waals surface area contributed by atoms with Gasteiger partial charge in [0, 0.05) is 24.6 Å². The van der Waals surface area contributed by atoms with E-state index >= 15 is 0 Å². The monoisotopic (exact) mass is 426 g/mol. The minimum absolute atomic E-state index is 0.0161. The summed E-state index contributed by atoms with van der Waals surface area (Å²) in [7, 11) is -2.09. The summed E-state index contributed by atoms with van der Waals surface area (Å²) in [6.07, 6.45) is 1.54. The van der Waals surface area contributed by atoms with Crippen LogP contribution in [0.15, 0.2) is 15.8 Å². The van der Waals surface area contributed by atoms with Crippen LogP contribution >= 0.6 is 0 Å². The summed E-state index contributed by atoms with van der Waals surface area (Å²) in [5.41, 5.74) is -0.482. The lowest BCUT2D eigenvalue weighted by molar-refractivity contribution is -0.144. The highest BCUT2D eigenvalue weighted by atomic mass is 28.4. The van der Waals surface area contributed by atoms with Gasteiger partial charge in [-0.15, -0.1) is 0 Å². The number of H-pyrrole nitrogens is 1. The molecule has 0 bridgehead atoms. The van der Waals surface area contributed by atoms with Crippen LogP contribution in [0.25, 0.3) is 0 Å². The van der Waals surface area contributed by atoms with Crippen LogP contribution in [-0.4, -0.2) is 42.7 Å². The molecule has 29 heavy (non-hydrogen) atoms. The molecule has 1 aromatic rings. The highest BCUT2D eigenvalue weighted by Crippen LogP contribution is 2.41. The topological polar surface area (TPSA) is 99.6 Å². The number of carbonyl (C=O) groups is 1. The zero-order valence-corrected chi connectivity index (χ0v) is 19.5. The number of aromatic nitrogens is 2. The van der Waals surface area contributed by atoms with Crippen molar-refractivity contribution >= 4 is 14.3 Å². The van der Waals surface area contributed by atoms with Gasteiger partial charge in [-0.05, 0) is 38.4 Å². The molecule has 0 saturated carbocycles. The first-order valence-electron chi connectivity index (χ1n) is 10.2. The van der Waals surface area contributed by atoms with Crippen LogP contribution in [-0.2, 0) is 18.7 Å². The molecule has 1 aliphatic heterocycles. The average molecular weight is 427 g/mol. The molecule has 1 N–H and O–H groups in total. The van der Waals surface area contributed by atoms with Crippen LogP contribution in [0.3, 0.4) is 0 Å². The van der Waals surface area contributed by atoms with Crippen molar-refractivity contribution in [2.24, 2.45) is 0 Å². The Hall–Kier alpha value is -1.71. The Morgan fingerprint density at radius 3 is 2.59 bits per heavy atom. The molecular formula is C20H34N2O6Si. The number of nitrogens with zero attached hydrogens (tertiary/aromatic N) is 1. The molecule has 2 heterocycles. The Labute approximate surface area is 172 Å². The van der Waals surface area contributed by atoms with Crippen molar-refractivity contribution in [2.75, 3.05) is 6.61 Å². The largest absolute Gasteiger partial charge is 0.466 e. The molecule has 3 atom stereocenters. The summed E-state index contributed by atoms with van der Waals surface area (Å²) in [4.78, 5) is 38.2. The van der Waals surface area contributed by atoms with Crippen molar-refractivity contribution in [3.05, 3.63) is 32.6 Å². The van der Waals surface area contributed by atoms with Gasteiger partial charge in [-0.25, -0.2) is 4.79 Å². The molecule has 1 saturated heterocycles. The highest BCUT2D eigenvalue weighted by Gasteiger charge is 2.45. The summed E-state index contributed by atoms with van der Waals surface area (Å²) >= 11 is 0. The van der Waals surface area contributed by atoms with Gasteiger partial charge in [-0.2, -0.15) is 0 Å². The van der Waals surface area contributed by atoms with Crippen molar-refractivity contribution in [2.45, 2.75) is 90.4 Å². The van der Waals surface area contributed by atoms with Crippen molar-refractivity contribution in [3.8, 4) is 0 Å². The van der Waals surface area contributed by atoms with Gasteiger partial charge >= 0.3 is 11.7 Å². The smallest absolute Gasteiger partial charge is 0.330 e. The Morgan fingerprint density at radius 1 is 1.34 bits per heavy atom. The molecule has 9 heteroatoms. The van der Waals surface area contributed by atoms with Crippen LogP contribution in [0.5, 0.6) is 0 Å². The number of hydrogen-bond donors (Lipinski definition) is 1. The molecule has 1 aromatic heterocycles. The predicted octanol–water partition coefficient (Wildman–Crippen LogP) is 2.87. The molecule has 0 aromatic carbocycles. The summed E-state index contributed by atoms with van der Waals surface area (Å²) in [5.74, 6) is -0.275. The molecule has 1 unspecified atom stereocenters. The Kier molecular flexibility index (Phi) is 7.29. The number of rotatable bonds is 7. The van der Waals surface area contributed by atoms with E-state index in [1.54, 1.807) is 13.8 Å². The number of aromatic amines is 1. The van der Waals surface area contributed by atoms with E-state index in [0.717, 1.165) is 0 Å². The first-order chi connectivity index (χ1) is 13.4. The van der Waals surface area contributed by atoms with Gasteiger partial charge in [0.2, 0.25) is 0 Å². The Morgan fingerprint density at radius 2 is 2.00 bits per heavy atom. The number of nitrogens with one attached hydrogen (secondary N) is 1. The van der Waals surface area contributed by atoms with E-state index in [9.17, 15) is 14.4 Å². The van der Waals surface area contributed by atoms with E-state index in [0.29, 0.717) is 25.0 Å². The lowest BCUT2D eigenvalue weighted by Crippen LogP contribution is -2.46. The van der Waals surface area contributed by atoms with E-state index in [4.69, 9.17) is 13.9 Å². The van der Waals surface area contributed by atoms with Crippen molar-refractivity contribution in [1.82, 2.24) is 9.55 Å². The number of hydrogen-bond acceptors (Lipinski definition) is 6. The van der Waals surface area contributed by atoms with Gasteiger partial charge in [0.15, 0.2) is 8.32 Å². The standard InChI is InChI=1S/C20H34N2O6Si/c1-8-26-17(23)10-9-14-15(28-29(6,7)20(3,4)5)11-16(27-14)22-12-13(2)18(24)21-19(22)25/h12,14-16H,8-11H2,1-7H3,(H,21,24,25)/t14-,15?,16-/m1/s1.